The van der Waals surface area contributed by atoms with Gasteiger partial charge in [0.25, 0.3) is 8.32 Å². The number of rotatable bonds is 6. The van der Waals surface area contributed by atoms with Gasteiger partial charge >= 0.3 is 0 Å². The molecule has 0 unspecified atom stereocenters. The van der Waals surface area contributed by atoms with Crippen molar-refractivity contribution in [2.24, 2.45) is 5.92 Å². The highest BCUT2D eigenvalue weighted by Gasteiger charge is 2.50. The Morgan fingerprint density at radius 1 is 0.909 bits per heavy atom. The Balaban J connectivity index is 2.56. The molecule has 0 amide bonds. The van der Waals surface area contributed by atoms with E-state index >= 15 is 0 Å². The van der Waals surface area contributed by atoms with Gasteiger partial charge in [0.15, 0.2) is 0 Å². The molecule has 2 aromatic carbocycles. The van der Waals surface area contributed by atoms with Crippen LogP contribution < -0.4 is 10.4 Å². The summed E-state index contributed by atoms with van der Waals surface area (Å²) in [6.45, 7) is 6.45. The number of aliphatic hydroxyl groups is 1. The Hall–Kier alpha value is -1.42. The van der Waals surface area contributed by atoms with E-state index in [2.05, 4.69) is 13.8 Å². The largest absolute Gasteiger partial charge is 0.424 e. The minimum Gasteiger partial charge on any atom is -0.424 e. The fraction of sp³-hybridized carbons (Fsp3) is 0.368. The van der Waals surface area contributed by atoms with Gasteiger partial charge in [-0.25, -0.2) is 0 Å². The highest BCUT2D eigenvalue weighted by molar-refractivity contribution is 6.98. The number of hydrogen-bond donors (Lipinski definition) is 2. The van der Waals surface area contributed by atoms with E-state index in [4.69, 9.17) is 0 Å². The maximum Gasteiger partial charge on any atom is 0.258 e. The van der Waals surface area contributed by atoms with Crippen LogP contribution in [0.5, 0.6) is 0 Å². The van der Waals surface area contributed by atoms with Crippen LogP contribution in [0.4, 0.5) is 0 Å². The zero-order valence-corrected chi connectivity index (χ0v) is 14.7. The predicted octanol–water partition coefficient (Wildman–Crippen LogP) is 2.54. The minimum absolute atomic E-state index is 0.150. The summed E-state index contributed by atoms with van der Waals surface area (Å²) in [5.74, 6) is 0.168. The van der Waals surface area contributed by atoms with E-state index in [1.54, 1.807) is 0 Å². The van der Waals surface area contributed by atoms with E-state index in [0.717, 1.165) is 16.8 Å². The molecule has 2 N–H and O–H groups in total. The topological polar surface area (TPSA) is 40.5 Å². The third-order valence-electron chi connectivity index (χ3n) is 4.53. The average Bonchev–Trinajstić information content (AvgIpc) is 2.55. The molecule has 0 aliphatic carbocycles. The fourth-order valence-electron chi connectivity index (χ4n) is 3.39. The Labute approximate surface area is 134 Å². The van der Waals surface area contributed by atoms with Crippen molar-refractivity contribution in [3.05, 3.63) is 60.7 Å². The van der Waals surface area contributed by atoms with Crippen molar-refractivity contribution < 1.29 is 9.90 Å². The van der Waals surface area contributed by atoms with Crippen LogP contribution in [0.2, 0.25) is 5.04 Å². The van der Waals surface area contributed by atoms with Crippen LogP contribution in [0, 0.1) is 5.92 Å². The van der Waals surface area contributed by atoms with Crippen LogP contribution in [0.3, 0.4) is 0 Å². The van der Waals surface area contributed by atoms with E-state index in [1.807, 2.05) is 67.6 Å². The Morgan fingerprint density at radius 2 is 1.32 bits per heavy atom. The molecule has 2 rings (SSSR count). The summed E-state index contributed by atoms with van der Waals surface area (Å²) in [5, 5.41) is 11.2. The second-order valence-corrected chi connectivity index (χ2v) is 10.7. The number of hydrogen-bond acceptors (Lipinski definition) is 2. The molecule has 22 heavy (non-hydrogen) atoms. The number of aliphatic hydroxyl groups excluding tert-OH is 1. The lowest BCUT2D eigenvalue weighted by molar-refractivity contribution is 0.216. The van der Waals surface area contributed by atoms with E-state index < -0.39 is 8.32 Å². The van der Waals surface area contributed by atoms with Crippen molar-refractivity contribution in [3.63, 3.8) is 0 Å². The monoisotopic (exact) mass is 314 g/mol. The summed E-state index contributed by atoms with van der Waals surface area (Å²) in [5.41, 5.74) is 0. The molecule has 0 fully saturated rings. The van der Waals surface area contributed by atoms with E-state index in [0.29, 0.717) is 0 Å². The van der Waals surface area contributed by atoms with Gasteiger partial charge in [-0.05, 0) is 27.8 Å². The van der Waals surface area contributed by atoms with Gasteiger partial charge in [-0.1, -0.05) is 81.4 Å². The van der Waals surface area contributed by atoms with Crippen LogP contribution >= 0.6 is 0 Å². The smallest absolute Gasteiger partial charge is 0.258 e. The van der Waals surface area contributed by atoms with Crippen molar-refractivity contribution in [2.75, 3.05) is 6.61 Å². The molecular formula is C19H26O2Si. The van der Waals surface area contributed by atoms with Gasteiger partial charge in [0.2, 0.25) is 0 Å². The first kappa shape index (κ1) is 16.9. The molecule has 0 aliphatic heterocycles. The van der Waals surface area contributed by atoms with Crippen molar-refractivity contribution in [1.82, 2.24) is 0 Å². The summed E-state index contributed by atoms with van der Waals surface area (Å²) in [7, 11) is -2.92. The average molecular weight is 315 g/mol. The molecule has 1 atom stereocenters. The fourth-order valence-corrected chi connectivity index (χ4v) is 7.28. The third-order valence-corrected chi connectivity index (χ3v) is 9.03. The molecule has 0 saturated carbocycles. The van der Waals surface area contributed by atoms with Crippen LogP contribution in [0.15, 0.2) is 60.7 Å². The van der Waals surface area contributed by atoms with Gasteiger partial charge in [0.05, 0.1) is 0 Å². The Bertz CT molecular complexity index is 541. The van der Waals surface area contributed by atoms with Gasteiger partial charge in [-0.15, -0.1) is 0 Å². The lowest BCUT2D eigenvalue weighted by atomic mass is 9.99. The van der Waals surface area contributed by atoms with E-state index in [1.165, 1.54) is 0 Å². The van der Waals surface area contributed by atoms with E-state index in [-0.39, 0.29) is 17.6 Å². The minimum atomic E-state index is -2.92. The van der Waals surface area contributed by atoms with Gasteiger partial charge in [0, 0.05) is 6.61 Å². The van der Waals surface area contributed by atoms with Crippen LogP contribution in [0.1, 0.15) is 27.2 Å². The van der Waals surface area contributed by atoms with Crippen LogP contribution in [0.25, 0.3) is 0 Å². The van der Waals surface area contributed by atoms with Gasteiger partial charge in [0.1, 0.15) is 0 Å². The summed E-state index contributed by atoms with van der Waals surface area (Å²) >= 11 is 0. The van der Waals surface area contributed by atoms with Crippen molar-refractivity contribution >= 4 is 18.7 Å². The van der Waals surface area contributed by atoms with Crippen molar-refractivity contribution in [2.45, 2.75) is 32.2 Å². The number of benzene rings is 2. The van der Waals surface area contributed by atoms with Crippen LogP contribution in [-0.4, -0.2) is 24.8 Å². The molecule has 3 heteroatoms. The van der Waals surface area contributed by atoms with Gasteiger partial charge in [-0.3, -0.25) is 0 Å². The molecule has 2 aromatic rings. The van der Waals surface area contributed by atoms with Crippen molar-refractivity contribution in [3.8, 4) is 0 Å². The lowest BCUT2D eigenvalue weighted by Gasteiger charge is -2.42. The second kappa shape index (κ2) is 6.78. The maximum atomic E-state index is 11.9. The molecule has 0 spiro atoms. The highest BCUT2D eigenvalue weighted by Crippen LogP contribution is 2.41. The summed E-state index contributed by atoms with van der Waals surface area (Å²) in [4.78, 5) is 11.9. The highest BCUT2D eigenvalue weighted by atomic mass is 28.4. The Morgan fingerprint density at radius 3 is 1.68 bits per heavy atom. The Kier molecular flexibility index (Phi) is 5.22. The maximum absolute atomic E-state index is 11.9. The SMILES string of the molecule is C[C@@H](CO)CC(C)(C)[Si](O)(c1ccccc1)c1ccccc1. The first-order chi connectivity index (χ1) is 10.4. The molecule has 0 aliphatic rings. The summed E-state index contributed by atoms with van der Waals surface area (Å²) < 4.78 is 0. The standard InChI is InChI=1S/C19H26O2Si/c1-16(15-20)14-19(2,3)22(21,17-10-6-4-7-11-17)18-12-8-5-9-13-18/h4-13,16,20-21H,14-15H2,1-3H3/t16-/m1/s1. The molecule has 2 nitrogen and oxygen atoms in total. The lowest BCUT2D eigenvalue weighted by Crippen LogP contribution is -2.65. The predicted molar refractivity (Wildman–Crippen MR) is 95.0 cm³/mol. The third kappa shape index (κ3) is 3.17. The molecule has 0 saturated heterocycles. The zero-order valence-electron chi connectivity index (χ0n) is 13.7. The molecule has 0 radical (unpaired) electrons. The molecule has 0 aromatic heterocycles. The zero-order chi connectivity index (χ0) is 16.2. The van der Waals surface area contributed by atoms with Gasteiger partial charge < -0.3 is 9.90 Å². The quantitative estimate of drug-likeness (QED) is 0.805. The molecule has 118 valence electrons. The summed E-state index contributed by atoms with van der Waals surface area (Å²) in [6.07, 6.45) is 0.788. The van der Waals surface area contributed by atoms with Gasteiger partial charge in [-0.2, -0.15) is 0 Å². The molecule has 0 bridgehead atoms. The normalized spacial score (nSPS) is 13.9. The van der Waals surface area contributed by atoms with Crippen LogP contribution in [-0.2, 0) is 0 Å². The first-order valence-electron chi connectivity index (χ1n) is 7.86. The second-order valence-electron chi connectivity index (χ2n) is 6.82. The van der Waals surface area contributed by atoms with E-state index in [9.17, 15) is 9.90 Å². The summed E-state index contributed by atoms with van der Waals surface area (Å²) in [6, 6.07) is 20.0. The molecular weight excluding hydrogens is 288 g/mol. The van der Waals surface area contributed by atoms with Crippen molar-refractivity contribution in [1.29, 1.82) is 0 Å². The first-order valence-corrected chi connectivity index (χ1v) is 9.81. The molecule has 0 heterocycles.